The predicted molar refractivity (Wildman–Crippen MR) is 48.8 cm³/mol. The summed E-state index contributed by atoms with van der Waals surface area (Å²) in [6, 6.07) is 0. The van der Waals surface area contributed by atoms with Crippen LogP contribution in [0.1, 0.15) is 19.8 Å². The van der Waals surface area contributed by atoms with Gasteiger partial charge in [0.05, 0.1) is 12.3 Å². The van der Waals surface area contributed by atoms with E-state index in [4.69, 9.17) is 16.2 Å². The Balaban J connectivity index is 2.61. The van der Waals surface area contributed by atoms with Crippen molar-refractivity contribution in [2.45, 2.75) is 31.0 Å². The van der Waals surface area contributed by atoms with Gasteiger partial charge in [-0.25, -0.2) is 0 Å². The number of nitrogens with two attached hydrogens (primary N) is 2. The van der Waals surface area contributed by atoms with Crippen LogP contribution in [-0.2, 0) is 9.53 Å². The average Bonchev–Trinajstić information content (AvgIpc) is 2.09. The molecule has 0 aliphatic carbocycles. The van der Waals surface area contributed by atoms with Gasteiger partial charge in [-0.15, -0.1) is 0 Å². The summed E-state index contributed by atoms with van der Waals surface area (Å²) in [6.45, 7) is 1.97. The fourth-order valence-electron chi connectivity index (χ4n) is 1.35. The first-order valence-electron chi connectivity index (χ1n) is 4.33. The highest BCUT2D eigenvalue weighted by Crippen LogP contribution is 2.26. The van der Waals surface area contributed by atoms with Crippen molar-refractivity contribution in [3.05, 3.63) is 0 Å². The van der Waals surface area contributed by atoms with E-state index in [0.29, 0.717) is 12.8 Å². The molecule has 13 heavy (non-hydrogen) atoms. The van der Waals surface area contributed by atoms with Gasteiger partial charge >= 0.3 is 0 Å². The molecule has 5 heteroatoms. The maximum atomic E-state index is 11.4. The molecule has 1 aliphatic heterocycles. The second-order valence-corrected chi connectivity index (χ2v) is 3.83. The van der Waals surface area contributed by atoms with E-state index in [2.05, 4.69) is 5.32 Å². The molecule has 0 aromatic carbocycles. The van der Waals surface area contributed by atoms with E-state index < -0.39 is 11.3 Å². The molecule has 5 N–H and O–H groups in total. The van der Waals surface area contributed by atoms with E-state index in [-0.39, 0.29) is 12.5 Å². The van der Waals surface area contributed by atoms with Gasteiger partial charge in [0.1, 0.15) is 5.60 Å². The summed E-state index contributed by atoms with van der Waals surface area (Å²) in [5, 5.41) is 2.56. The summed E-state index contributed by atoms with van der Waals surface area (Å²) in [4.78, 5) is 11.4. The summed E-state index contributed by atoms with van der Waals surface area (Å²) in [5.41, 5.74) is 9.77. The van der Waals surface area contributed by atoms with Gasteiger partial charge in [-0.3, -0.25) is 4.79 Å². The van der Waals surface area contributed by atoms with Crippen LogP contribution < -0.4 is 16.8 Å². The Morgan fingerprint density at radius 2 is 2.08 bits per heavy atom. The molecule has 1 amide bonds. The van der Waals surface area contributed by atoms with Gasteiger partial charge < -0.3 is 21.5 Å². The van der Waals surface area contributed by atoms with Crippen molar-refractivity contribution in [2.24, 2.45) is 11.5 Å². The highest BCUT2D eigenvalue weighted by Gasteiger charge is 2.41. The first-order chi connectivity index (χ1) is 5.90. The Kier molecular flexibility index (Phi) is 2.61. The van der Waals surface area contributed by atoms with Crippen molar-refractivity contribution in [1.82, 2.24) is 5.32 Å². The maximum Gasteiger partial charge on any atom is 0.251 e. The monoisotopic (exact) mass is 187 g/mol. The normalized spacial score (nSPS) is 32.6. The summed E-state index contributed by atoms with van der Waals surface area (Å²) in [5.74, 6) is -0.122. The lowest BCUT2D eigenvalue weighted by Crippen LogP contribution is -2.62. The van der Waals surface area contributed by atoms with Crippen LogP contribution in [0.5, 0.6) is 0 Å². The zero-order valence-electron chi connectivity index (χ0n) is 8.09. The van der Waals surface area contributed by atoms with E-state index in [1.54, 1.807) is 14.0 Å². The second-order valence-electron chi connectivity index (χ2n) is 3.83. The molecule has 0 aromatic heterocycles. The molecule has 0 saturated carbocycles. The Labute approximate surface area is 77.8 Å². The lowest BCUT2D eigenvalue weighted by Gasteiger charge is -2.39. The Hall–Kier alpha value is -0.650. The molecule has 76 valence electrons. The van der Waals surface area contributed by atoms with Crippen molar-refractivity contribution < 1.29 is 9.53 Å². The largest absolute Gasteiger partial charge is 0.362 e. The number of hydrogen-bond acceptors (Lipinski definition) is 4. The second kappa shape index (κ2) is 3.25. The topological polar surface area (TPSA) is 90.4 Å². The van der Waals surface area contributed by atoms with Crippen LogP contribution in [0.4, 0.5) is 0 Å². The van der Waals surface area contributed by atoms with E-state index in [1.165, 1.54) is 0 Å². The molecule has 1 atom stereocenters. The molecule has 1 heterocycles. The van der Waals surface area contributed by atoms with E-state index in [1.807, 2.05) is 0 Å². The number of carbonyl (C=O) groups is 1. The van der Waals surface area contributed by atoms with Crippen molar-refractivity contribution in [3.63, 3.8) is 0 Å². The van der Waals surface area contributed by atoms with Gasteiger partial charge in [0.2, 0.25) is 0 Å². The number of nitrogens with one attached hydrogen (secondary N) is 1. The first-order valence-corrected chi connectivity index (χ1v) is 4.33. The molecule has 5 nitrogen and oxygen atoms in total. The van der Waals surface area contributed by atoms with E-state index in [0.717, 1.165) is 0 Å². The molecule has 1 fully saturated rings. The molecule has 0 spiro atoms. The first kappa shape index (κ1) is 10.4. The van der Waals surface area contributed by atoms with Crippen molar-refractivity contribution in [1.29, 1.82) is 0 Å². The zero-order chi connectivity index (χ0) is 10.1. The Bertz CT molecular complexity index is 205. The van der Waals surface area contributed by atoms with Gasteiger partial charge in [-0.05, 0) is 19.8 Å². The lowest BCUT2D eigenvalue weighted by atomic mass is 9.90. The quantitative estimate of drug-likeness (QED) is 0.455. The van der Waals surface area contributed by atoms with Crippen LogP contribution in [0, 0.1) is 0 Å². The summed E-state index contributed by atoms with van der Waals surface area (Å²) >= 11 is 0. The standard InChI is InChI=1S/C8H17N3O2/c1-7(6(12)11-2)3-4-8(9,10)5-13-7/h3-5,9-10H2,1-2H3,(H,11,12)/t7-/m1/s1. The molecule has 1 rings (SSSR count). The maximum absolute atomic E-state index is 11.4. The van der Waals surface area contributed by atoms with Gasteiger partial charge in [0, 0.05) is 7.05 Å². The summed E-state index contributed by atoms with van der Waals surface area (Å²) in [7, 11) is 1.59. The fourth-order valence-corrected chi connectivity index (χ4v) is 1.35. The highest BCUT2D eigenvalue weighted by molar-refractivity contribution is 5.84. The number of amides is 1. The van der Waals surface area contributed by atoms with Crippen LogP contribution in [0.3, 0.4) is 0 Å². The van der Waals surface area contributed by atoms with Gasteiger partial charge in [-0.2, -0.15) is 0 Å². The smallest absolute Gasteiger partial charge is 0.251 e. The van der Waals surface area contributed by atoms with Gasteiger partial charge in [0.25, 0.3) is 5.91 Å². The molecule has 0 bridgehead atoms. The van der Waals surface area contributed by atoms with Crippen LogP contribution in [0.15, 0.2) is 0 Å². The van der Waals surface area contributed by atoms with Crippen LogP contribution in [0.2, 0.25) is 0 Å². The van der Waals surface area contributed by atoms with Crippen LogP contribution >= 0.6 is 0 Å². The molecule has 0 unspecified atom stereocenters. The van der Waals surface area contributed by atoms with Crippen LogP contribution in [-0.4, -0.2) is 30.8 Å². The molecular formula is C8H17N3O2. The van der Waals surface area contributed by atoms with E-state index in [9.17, 15) is 4.79 Å². The molecular weight excluding hydrogens is 170 g/mol. The molecule has 1 saturated heterocycles. The highest BCUT2D eigenvalue weighted by atomic mass is 16.5. The number of likely N-dealkylation sites (N-methyl/N-ethyl adjacent to an activating group) is 1. The predicted octanol–water partition coefficient (Wildman–Crippen LogP) is -1.08. The fraction of sp³-hybridized carbons (Fsp3) is 0.875. The van der Waals surface area contributed by atoms with Crippen molar-refractivity contribution in [2.75, 3.05) is 13.7 Å². The summed E-state index contributed by atoms with van der Waals surface area (Å²) in [6.07, 6.45) is 1.15. The number of hydrogen-bond donors (Lipinski definition) is 3. The Morgan fingerprint density at radius 1 is 1.46 bits per heavy atom. The average molecular weight is 187 g/mol. The molecule has 0 radical (unpaired) electrons. The lowest BCUT2D eigenvalue weighted by molar-refractivity contribution is -0.155. The van der Waals surface area contributed by atoms with Crippen molar-refractivity contribution >= 4 is 5.91 Å². The SMILES string of the molecule is CNC(=O)[C@@]1(C)CCC(N)(N)CO1. The molecule has 1 aliphatic rings. The number of rotatable bonds is 1. The Morgan fingerprint density at radius 3 is 2.46 bits per heavy atom. The third-order valence-corrected chi connectivity index (χ3v) is 2.43. The van der Waals surface area contributed by atoms with Crippen LogP contribution in [0.25, 0.3) is 0 Å². The van der Waals surface area contributed by atoms with Crippen molar-refractivity contribution in [3.8, 4) is 0 Å². The van der Waals surface area contributed by atoms with Gasteiger partial charge in [0.15, 0.2) is 0 Å². The van der Waals surface area contributed by atoms with Gasteiger partial charge in [-0.1, -0.05) is 0 Å². The van der Waals surface area contributed by atoms with E-state index >= 15 is 0 Å². The zero-order valence-corrected chi connectivity index (χ0v) is 8.09. The minimum atomic E-state index is -0.784. The number of carbonyl (C=O) groups excluding carboxylic acids is 1. The minimum absolute atomic E-state index is 0.122. The minimum Gasteiger partial charge on any atom is -0.362 e. The third kappa shape index (κ3) is 2.18. The molecule has 0 aromatic rings. The number of ether oxygens (including phenoxy) is 1. The summed E-state index contributed by atoms with van der Waals surface area (Å²) < 4.78 is 5.37. The third-order valence-electron chi connectivity index (χ3n) is 2.43.